The van der Waals surface area contributed by atoms with E-state index < -0.39 is 34.4 Å². The molecular weight excluding hydrogens is 407 g/mol. The van der Waals surface area contributed by atoms with Gasteiger partial charge in [-0.2, -0.15) is 13.2 Å². The summed E-state index contributed by atoms with van der Waals surface area (Å²) in [7, 11) is 1.51. The molecule has 0 fully saturated rings. The molecule has 0 aromatic heterocycles. The maximum Gasteiger partial charge on any atom is 0.416 e. The first-order chi connectivity index (χ1) is 14.1. The Hall–Kier alpha value is -3.34. The first-order valence-electron chi connectivity index (χ1n) is 8.80. The van der Waals surface area contributed by atoms with Crippen LogP contribution >= 0.6 is 0 Å². The fourth-order valence-electron chi connectivity index (χ4n) is 2.56. The zero-order valence-electron chi connectivity index (χ0n) is 15.9. The van der Waals surface area contributed by atoms with Crippen molar-refractivity contribution in [3.63, 3.8) is 0 Å². The number of carbonyl (C=O) groups excluding carboxylic acids is 1. The van der Waals surface area contributed by atoms with Gasteiger partial charge in [0, 0.05) is 25.6 Å². The summed E-state index contributed by atoms with van der Waals surface area (Å²) in [5.74, 6) is 0.183. The van der Waals surface area contributed by atoms with Crippen LogP contribution < -0.4 is 15.4 Å². The van der Waals surface area contributed by atoms with Crippen molar-refractivity contribution in [2.75, 3.05) is 25.5 Å². The Labute approximate surface area is 169 Å². The van der Waals surface area contributed by atoms with E-state index in [0.717, 1.165) is 12.1 Å². The smallest absolute Gasteiger partial charge is 0.416 e. The number of alkyl halides is 3. The fraction of sp³-hybridized carbons (Fsp3) is 0.316. The van der Waals surface area contributed by atoms with Gasteiger partial charge in [0.1, 0.15) is 11.4 Å². The number of anilines is 1. The largest absolute Gasteiger partial charge is 0.497 e. The van der Waals surface area contributed by atoms with Crippen LogP contribution in [0.5, 0.6) is 5.75 Å². The van der Waals surface area contributed by atoms with Gasteiger partial charge in [0.05, 0.1) is 23.7 Å². The number of nitrogens with one attached hydrogen (secondary N) is 2. The Balaban J connectivity index is 1.85. The van der Waals surface area contributed by atoms with Crippen molar-refractivity contribution in [3.8, 4) is 5.75 Å². The van der Waals surface area contributed by atoms with E-state index in [1.54, 1.807) is 24.3 Å². The second kappa shape index (κ2) is 9.92. The summed E-state index contributed by atoms with van der Waals surface area (Å²) < 4.78 is 43.1. The van der Waals surface area contributed by atoms with Crippen LogP contribution in [0, 0.1) is 10.1 Å². The SMILES string of the molecule is COc1ccc(C(O)CNC(=O)CCNc2ccc(C(F)(F)F)cc2[N+](=O)[O-])cc1. The van der Waals surface area contributed by atoms with E-state index in [1.165, 1.54) is 7.11 Å². The highest BCUT2D eigenvalue weighted by molar-refractivity contribution is 5.76. The van der Waals surface area contributed by atoms with Crippen LogP contribution in [-0.2, 0) is 11.0 Å². The first-order valence-corrected chi connectivity index (χ1v) is 8.80. The average molecular weight is 427 g/mol. The summed E-state index contributed by atoms with van der Waals surface area (Å²) in [6, 6.07) is 8.75. The number of methoxy groups -OCH3 is 1. The second-order valence-corrected chi connectivity index (χ2v) is 6.26. The molecule has 2 aromatic carbocycles. The molecule has 11 heteroatoms. The number of benzene rings is 2. The van der Waals surface area contributed by atoms with Gasteiger partial charge in [-0.3, -0.25) is 14.9 Å². The number of carbonyl (C=O) groups is 1. The number of hydrogen-bond acceptors (Lipinski definition) is 6. The molecule has 0 spiro atoms. The van der Waals surface area contributed by atoms with Gasteiger partial charge in [-0.15, -0.1) is 0 Å². The highest BCUT2D eigenvalue weighted by atomic mass is 19.4. The highest BCUT2D eigenvalue weighted by Crippen LogP contribution is 2.34. The Morgan fingerprint density at radius 3 is 2.47 bits per heavy atom. The van der Waals surface area contributed by atoms with E-state index in [4.69, 9.17) is 4.74 Å². The number of nitrogens with zero attached hydrogens (tertiary/aromatic N) is 1. The van der Waals surface area contributed by atoms with Gasteiger partial charge in [0.25, 0.3) is 5.69 Å². The van der Waals surface area contributed by atoms with Crippen LogP contribution in [0.2, 0.25) is 0 Å². The molecule has 0 radical (unpaired) electrons. The Morgan fingerprint density at radius 1 is 1.23 bits per heavy atom. The molecule has 3 N–H and O–H groups in total. The monoisotopic (exact) mass is 427 g/mol. The summed E-state index contributed by atoms with van der Waals surface area (Å²) in [4.78, 5) is 22.0. The van der Waals surface area contributed by atoms with Crippen molar-refractivity contribution in [1.29, 1.82) is 0 Å². The van der Waals surface area contributed by atoms with Crippen LogP contribution in [-0.4, -0.2) is 36.1 Å². The Bertz CT molecular complexity index is 888. The van der Waals surface area contributed by atoms with Gasteiger partial charge in [0.2, 0.25) is 5.91 Å². The topological polar surface area (TPSA) is 114 Å². The maximum absolute atomic E-state index is 12.7. The van der Waals surface area contributed by atoms with Crippen LogP contribution in [0.4, 0.5) is 24.5 Å². The van der Waals surface area contributed by atoms with Gasteiger partial charge < -0.3 is 20.5 Å². The van der Waals surface area contributed by atoms with Gasteiger partial charge in [-0.05, 0) is 29.8 Å². The van der Waals surface area contributed by atoms with Crippen molar-refractivity contribution < 1.29 is 32.7 Å². The van der Waals surface area contributed by atoms with E-state index in [1.807, 2.05) is 0 Å². The standard InChI is InChI=1S/C19H20F3N3O5/c1-30-14-5-2-12(3-6-14)17(26)11-24-18(27)8-9-23-15-7-4-13(19(20,21)22)10-16(15)25(28)29/h2-7,10,17,23,26H,8-9,11H2,1H3,(H,24,27). The van der Waals surface area contributed by atoms with E-state index in [2.05, 4.69) is 10.6 Å². The molecule has 8 nitrogen and oxygen atoms in total. The second-order valence-electron chi connectivity index (χ2n) is 6.26. The lowest BCUT2D eigenvalue weighted by Gasteiger charge is -2.13. The fourth-order valence-corrected chi connectivity index (χ4v) is 2.56. The molecule has 1 atom stereocenters. The lowest BCUT2D eigenvalue weighted by Crippen LogP contribution is -2.29. The lowest BCUT2D eigenvalue weighted by molar-refractivity contribution is -0.384. The minimum absolute atomic E-state index is 0.0450. The molecule has 2 rings (SSSR count). The van der Waals surface area contributed by atoms with Crippen molar-refractivity contribution in [2.24, 2.45) is 0 Å². The quantitative estimate of drug-likeness (QED) is 0.418. The molecule has 2 aromatic rings. The average Bonchev–Trinajstić information content (AvgIpc) is 2.71. The minimum Gasteiger partial charge on any atom is -0.497 e. The zero-order chi connectivity index (χ0) is 22.3. The highest BCUT2D eigenvalue weighted by Gasteiger charge is 2.33. The number of aliphatic hydroxyl groups excluding tert-OH is 1. The minimum atomic E-state index is -4.70. The van der Waals surface area contributed by atoms with Crippen molar-refractivity contribution >= 4 is 17.3 Å². The predicted octanol–water partition coefficient (Wildman–Crippen LogP) is 3.27. The summed E-state index contributed by atoms with van der Waals surface area (Å²) in [5.41, 5.74) is -1.42. The number of nitro benzene ring substituents is 1. The number of aliphatic hydroxyl groups is 1. The number of amides is 1. The molecule has 0 heterocycles. The Morgan fingerprint density at radius 2 is 1.90 bits per heavy atom. The zero-order valence-corrected chi connectivity index (χ0v) is 15.9. The molecule has 0 saturated carbocycles. The third-order valence-electron chi connectivity index (χ3n) is 4.18. The molecular formula is C19H20F3N3O5. The van der Waals surface area contributed by atoms with E-state index in [-0.39, 0.29) is 25.2 Å². The normalized spacial score (nSPS) is 12.2. The molecule has 0 bridgehead atoms. The summed E-state index contributed by atoms with van der Waals surface area (Å²) in [6.45, 7) is -0.0950. The van der Waals surface area contributed by atoms with Crippen molar-refractivity contribution in [1.82, 2.24) is 5.32 Å². The van der Waals surface area contributed by atoms with Crippen LogP contribution in [0.25, 0.3) is 0 Å². The molecule has 1 amide bonds. The maximum atomic E-state index is 12.7. The van der Waals surface area contributed by atoms with Gasteiger partial charge in [-0.1, -0.05) is 12.1 Å². The molecule has 0 saturated heterocycles. The van der Waals surface area contributed by atoms with E-state index in [9.17, 15) is 33.2 Å². The summed E-state index contributed by atoms with van der Waals surface area (Å²) in [5, 5.41) is 26.2. The third-order valence-corrected chi connectivity index (χ3v) is 4.18. The summed E-state index contributed by atoms with van der Waals surface area (Å²) in [6.07, 6.45) is -5.75. The van der Waals surface area contributed by atoms with Gasteiger partial charge in [0.15, 0.2) is 0 Å². The van der Waals surface area contributed by atoms with E-state index >= 15 is 0 Å². The Kier molecular flexibility index (Phi) is 7.59. The molecule has 0 aliphatic carbocycles. The molecule has 0 aliphatic rings. The van der Waals surface area contributed by atoms with Crippen LogP contribution in [0.1, 0.15) is 23.7 Å². The molecule has 0 aliphatic heterocycles. The number of hydrogen-bond donors (Lipinski definition) is 3. The predicted molar refractivity (Wildman–Crippen MR) is 102 cm³/mol. The number of halogens is 3. The van der Waals surface area contributed by atoms with Gasteiger partial charge >= 0.3 is 6.18 Å². The number of ether oxygens (including phenoxy) is 1. The van der Waals surface area contributed by atoms with Gasteiger partial charge in [-0.25, -0.2) is 0 Å². The van der Waals surface area contributed by atoms with Crippen molar-refractivity contribution in [2.45, 2.75) is 18.7 Å². The summed E-state index contributed by atoms with van der Waals surface area (Å²) >= 11 is 0. The molecule has 1 unspecified atom stereocenters. The van der Waals surface area contributed by atoms with Crippen molar-refractivity contribution in [3.05, 3.63) is 63.7 Å². The third kappa shape index (κ3) is 6.34. The number of nitro groups is 1. The van der Waals surface area contributed by atoms with Crippen LogP contribution in [0.15, 0.2) is 42.5 Å². The molecule has 162 valence electrons. The number of rotatable bonds is 9. The lowest BCUT2D eigenvalue weighted by atomic mass is 10.1. The first kappa shape index (κ1) is 22.9. The van der Waals surface area contributed by atoms with E-state index in [0.29, 0.717) is 17.4 Å². The molecule has 30 heavy (non-hydrogen) atoms. The van der Waals surface area contributed by atoms with Crippen LogP contribution in [0.3, 0.4) is 0 Å².